The molecule has 0 bridgehead atoms. The van der Waals surface area contributed by atoms with Gasteiger partial charge in [-0.3, -0.25) is 4.79 Å². The minimum Gasteiger partial charge on any atom is -0.490 e. The summed E-state index contributed by atoms with van der Waals surface area (Å²) in [6.45, 7) is -0.474. The van der Waals surface area contributed by atoms with Crippen molar-refractivity contribution in [1.29, 1.82) is 0 Å². The third-order valence-corrected chi connectivity index (χ3v) is 5.49. The summed E-state index contributed by atoms with van der Waals surface area (Å²) in [5.74, 6) is -0.809. The molecule has 0 amide bonds. The molecule has 0 aromatic heterocycles. The first-order chi connectivity index (χ1) is 15.0. The lowest BCUT2D eigenvalue weighted by Gasteiger charge is -2.15. The predicted molar refractivity (Wildman–Crippen MR) is 111 cm³/mol. The number of hydrogen-bond acceptors (Lipinski definition) is 4. The Bertz CT molecular complexity index is 1130. The van der Waals surface area contributed by atoms with Gasteiger partial charge in [-0.15, -0.1) is 0 Å². The molecule has 3 aromatic carbocycles. The predicted octanol–water partition coefficient (Wildman–Crippen LogP) is 3.62. The highest BCUT2D eigenvalue weighted by Crippen LogP contribution is 2.31. The van der Waals surface area contributed by atoms with Crippen LogP contribution in [0.25, 0.3) is 0 Å². The second kappa shape index (κ2) is 8.96. The molecule has 2 N–H and O–H groups in total. The van der Waals surface area contributed by atoms with E-state index in [1.54, 1.807) is 30.3 Å². The first kappa shape index (κ1) is 21.2. The third kappa shape index (κ3) is 4.50. The fourth-order valence-electron chi connectivity index (χ4n) is 3.89. The Morgan fingerprint density at radius 1 is 1.00 bits per heavy atom. The van der Waals surface area contributed by atoms with Gasteiger partial charge in [-0.2, -0.15) is 0 Å². The Balaban J connectivity index is 1.61. The minimum absolute atomic E-state index is 0.0680. The number of carbonyl (C=O) groups excluding carboxylic acids is 1. The zero-order valence-corrected chi connectivity index (χ0v) is 16.8. The molecule has 0 heterocycles. The Morgan fingerprint density at radius 2 is 1.84 bits per heavy atom. The minimum atomic E-state index is -0.996. The average Bonchev–Trinajstić information content (AvgIpc) is 2.91. The van der Waals surface area contributed by atoms with Gasteiger partial charge in [0.1, 0.15) is 30.1 Å². The van der Waals surface area contributed by atoms with E-state index in [-0.39, 0.29) is 12.4 Å². The van der Waals surface area contributed by atoms with Crippen LogP contribution in [0.3, 0.4) is 0 Å². The summed E-state index contributed by atoms with van der Waals surface area (Å²) >= 11 is 0. The van der Waals surface area contributed by atoms with Crippen LogP contribution in [0.1, 0.15) is 38.2 Å². The zero-order valence-electron chi connectivity index (χ0n) is 16.8. The highest BCUT2D eigenvalue weighted by Gasteiger charge is 2.24. The van der Waals surface area contributed by atoms with Crippen LogP contribution in [0, 0.1) is 11.6 Å². The molecule has 4 nitrogen and oxygen atoms in total. The van der Waals surface area contributed by atoms with Gasteiger partial charge < -0.3 is 14.9 Å². The summed E-state index contributed by atoms with van der Waals surface area (Å²) in [5.41, 5.74) is 4.00. The summed E-state index contributed by atoms with van der Waals surface area (Å²) in [6.07, 6.45) is 0.461. The van der Waals surface area contributed by atoms with Gasteiger partial charge in [0.15, 0.2) is 5.78 Å². The summed E-state index contributed by atoms with van der Waals surface area (Å²) in [7, 11) is 0. The number of halogens is 2. The lowest BCUT2D eigenvalue weighted by Crippen LogP contribution is -2.22. The van der Waals surface area contributed by atoms with Crippen LogP contribution in [0.2, 0.25) is 0 Å². The van der Waals surface area contributed by atoms with Crippen molar-refractivity contribution in [2.45, 2.75) is 25.4 Å². The molecular weight excluding hydrogens is 402 g/mol. The second-order valence-corrected chi connectivity index (χ2v) is 7.66. The molecule has 0 saturated carbocycles. The van der Waals surface area contributed by atoms with E-state index in [0.717, 1.165) is 22.8 Å². The molecule has 1 aliphatic rings. The van der Waals surface area contributed by atoms with E-state index in [0.29, 0.717) is 41.7 Å². The fraction of sp³-hybridized carbons (Fsp3) is 0.240. The first-order valence-electron chi connectivity index (χ1n) is 10.1. The van der Waals surface area contributed by atoms with E-state index in [1.165, 1.54) is 12.1 Å². The molecule has 0 aliphatic heterocycles. The van der Waals surface area contributed by atoms with Crippen molar-refractivity contribution in [2.75, 3.05) is 13.2 Å². The van der Waals surface area contributed by atoms with Gasteiger partial charge >= 0.3 is 0 Å². The molecular formula is C25H22F2O4. The summed E-state index contributed by atoms with van der Waals surface area (Å²) in [4.78, 5) is 13.2. The van der Waals surface area contributed by atoms with E-state index < -0.39 is 24.3 Å². The number of benzene rings is 3. The van der Waals surface area contributed by atoms with Crippen molar-refractivity contribution >= 4 is 5.78 Å². The Morgan fingerprint density at radius 3 is 2.61 bits per heavy atom. The normalized spacial score (nSPS) is 13.9. The van der Waals surface area contributed by atoms with Crippen molar-refractivity contribution in [3.63, 3.8) is 0 Å². The quantitative estimate of drug-likeness (QED) is 0.635. The highest BCUT2D eigenvalue weighted by atomic mass is 19.1. The molecule has 1 aliphatic carbocycles. The molecule has 0 fully saturated rings. The second-order valence-electron chi connectivity index (χ2n) is 7.66. The molecule has 1 unspecified atom stereocenters. The highest BCUT2D eigenvalue weighted by molar-refractivity contribution is 6.11. The fourth-order valence-corrected chi connectivity index (χ4v) is 3.89. The van der Waals surface area contributed by atoms with Gasteiger partial charge in [0.05, 0.1) is 6.61 Å². The molecule has 3 aromatic rings. The summed E-state index contributed by atoms with van der Waals surface area (Å²) in [5, 5.41) is 18.6. The topological polar surface area (TPSA) is 66.8 Å². The number of carbonyl (C=O) groups is 1. The van der Waals surface area contributed by atoms with E-state index in [4.69, 9.17) is 9.84 Å². The maximum Gasteiger partial charge on any atom is 0.193 e. The number of ether oxygens (including phenoxy) is 1. The molecule has 0 radical (unpaired) electrons. The molecule has 4 rings (SSSR count). The van der Waals surface area contributed by atoms with Crippen LogP contribution in [0.4, 0.5) is 8.78 Å². The molecule has 6 heteroatoms. The molecule has 31 heavy (non-hydrogen) atoms. The first-order valence-corrected chi connectivity index (χ1v) is 10.1. The van der Waals surface area contributed by atoms with Crippen molar-refractivity contribution < 1.29 is 28.5 Å². The van der Waals surface area contributed by atoms with Crippen molar-refractivity contribution in [2.24, 2.45) is 0 Å². The van der Waals surface area contributed by atoms with Gasteiger partial charge in [-0.1, -0.05) is 36.4 Å². The van der Waals surface area contributed by atoms with Crippen molar-refractivity contribution in [3.05, 3.63) is 99.6 Å². The van der Waals surface area contributed by atoms with Gasteiger partial charge in [-0.05, 0) is 41.7 Å². The van der Waals surface area contributed by atoms with Gasteiger partial charge in [0, 0.05) is 29.2 Å². The number of ketones is 1. The standard InChI is InChI=1S/C25H22F2O4/c26-18-7-5-17(23(27)12-18)11-15-4-8-20-16(10-15)6-9-21-22(25(20)30)2-1-3-24(21)31-14-19(29)13-28/h1-5,7-8,10,12,19,28-29H,6,9,11,13-14H2. The number of fused-ring (bicyclic) bond motifs is 2. The van der Waals surface area contributed by atoms with Crippen LogP contribution in [-0.2, 0) is 19.3 Å². The van der Waals surface area contributed by atoms with Crippen molar-refractivity contribution in [1.82, 2.24) is 0 Å². The number of rotatable bonds is 6. The number of aliphatic hydroxyl groups excluding tert-OH is 2. The lowest BCUT2D eigenvalue weighted by molar-refractivity contribution is 0.0533. The number of hydrogen-bond donors (Lipinski definition) is 2. The molecule has 0 spiro atoms. The molecule has 160 valence electrons. The van der Waals surface area contributed by atoms with E-state index in [1.807, 2.05) is 6.07 Å². The maximum absolute atomic E-state index is 14.0. The van der Waals surface area contributed by atoms with Crippen LogP contribution in [-0.4, -0.2) is 35.3 Å². The molecule has 0 saturated heterocycles. The largest absolute Gasteiger partial charge is 0.490 e. The number of aryl methyl sites for hydroxylation is 1. The third-order valence-electron chi connectivity index (χ3n) is 5.49. The van der Waals surface area contributed by atoms with Crippen LogP contribution >= 0.6 is 0 Å². The van der Waals surface area contributed by atoms with Crippen LogP contribution in [0.5, 0.6) is 5.75 Å². The monoisotopic (exact) mass is 424 g/mol. The number of aliphatic hydroxyl groups is 2. The van der Waals surface area contributed by atoms with E-state index >= 15 is 0 Å². The molecule has 1 atom stereocenters. The van der Waals surface area contributed by atoms with Crippen LogP contribution < -0.4 is 4.74 Å². The Hall–Kier alpha value is -3.09. The van der Waals surface area contributed by atoms with Gasteiger partial charge in [0.25, 0.3) is 0 Å². The van der Waals surface area contributed by atoms with Crippen LogP contribution in [0.15, 0.2) is 54.6 Å². The Labute approximate surface area is 178 Å². The Kier molecular flexibility index (Phi) is 6.11. The summed E-state index contributed by atoms with van der Waals surface area (Å²) < 4.78 is 32.9. The van der Waals surface area contributed by atoms with E-state index in [2.05, 4.69) is 0 Å². The van der Waals surface area contributed by atoms with Gasteiger partial charge in [0.2, 0.25) is 0 Å². The van der Waals surface area contributed by atoms with Crippen molar-refractivity contribution in [3.8, 4) is 5.75 Å². The smallest absolute Gasteiger partial charge is 0.193 e. The maximum atomic E-state index is 14.0. The van der Waals surface area contributed by atoms with E-state index in [9.17, 15) is 18.7 Å². The zero-order chi connectivity index (χ0) is 22.0. The SMILES string of the molecule is O=C1c2ccc(Cc3ccc(F)cc3F)cc2CCc2c(OCC(O)CO)cccc21. The average molecular weight is 424 g/mol. The lowest BCUT2D eigenvalue weighted by atomic mass is 9.95. The summed E-state index contributed by atoms with van der Waals surface area (Å²) in [6, 6.07) is 14.2. The van der Waals surface area contributed by atoms with Gasteiger partial charge in [-0.25, -0.2) is 8.78 Å².